The Bertz CT molecular complexity index is 363. The summed E-state index contributed by atoms with van der Waals surface area (Å²) in [6.07, 6.45) is 7.83. The number of ether oxygens (including phenoxy) is 1. The lowest BCUT2D eigenvalue weighted by atomic mass is 10.1. The zero-order valence-electron chi connectivity index (χ0n) is 12.5. The molecule has 1 aromatic heterocycles. The van der Waals surface area contributed by atoms with E-state index in [2.05, 4.69) is 34.9 Å². The van der Waals surface area contributed by atoms with Crippen molar-refractivity contribution in [1.82, 2.24) is 9.78 Å². The van der Waals surface area contributed by atoms with Gasteiger partial charge in [0.05, 0.1) is 22.5 Å². The molecule has 0 atom stereocenters. The number of nitrogens with zero attached hydrogens (tertiary/aromatic N) is 2. The quantitative estimate of drug-likeness (QED) is 0.573. The van der Waals surface area contributed by atoms with Gasteiger partial charge in [-0.1, -0.05) is 39.0 Å². The first-order chi connectivity index (χ1) is 9.20. The van der Waals surface area contributed by atoms with Gasteiger partial charge in [-0.2, -0.15) is 5.10 Å². The molecule has 0 aliphatic carbocycles. The first-order valence-electron chi connectivity index (χ1n) is 7.50. The van der Waals surface area contributed by atoms with Gasteiger partial charge in [-0.3, -0.25) is 4.68 Å². The minimum Gasteiger partial charge on any atom is -0.375 e. The monoisotopic (exact) mass is 330 g/mol. The summed E-state index contributed by atoms with van der Waals surface area (Å²) in [5.41, 5.74) is 2.20. The Labute approximate surface area is 125 Å². The predicted molar refractivity (Wildman–Crippen MR) is 83.4 cm³/mol. The highest BCUT2D eigenvalue weighted by atomic mass is 79.9. The van der Waals surface area contributed by atoms with Crippen LogP contribution in [-0.2, 0) is 17.9 Å². The van der Waals surface area contributed by atoms with E-state index in [1.165, 1.54) is 38.5 Å². The highest BCUT2D eigenvalue weighted by Gasteiger charge is 2.11. The van der Waals surface area contributed by atoms with Gasteiger partial charge < -0.3 is 4.74 Å². The summed E-state index contributed by atoms with van der Waals surface area (Å²) < 4.78 is 8.88. The second-order valence-electron chi connectivity index (χ2n) is 4.98. The molecule has 0 saturated heterocycles. The van der Waals surface area contributed by atoms with Gasteiger partial charge in [0, 0.05) is 13.2 Å². The van der Waals surface area contributed by atoms with Crippen LogP contribution < -0.4 is 0 Å². The fourth-order valence-corrected chi connectivity index (χ4v) is 2.56. The zero-order valence-corrected chi connectivity index (χ0v) is 14.1. The van der Waals surface area contributed by atoms with Gasteiger partial charge >= 0.3 is 0 Å². The van der Waals surface area contributed by atoms with Crippen LogP contribution in [-0.4, -0.2) is 16.4 Å². The maximum atomic E-state index is 5.77. The molecule has 0 amide bonds. The van der Waals surface area contributed by atoms with E-state index in [0.717, 1.165) is 29.0 Å². The molecular formula is C15H27BrN2O. The van der Waals surface area contributed by atoms with Crippen LogP contribution in [0.5, 0.6) is 0 Å². The van der Waals surface area contributed by atoms with Crippen molar-refractivity contribution in [2.45, 2.75) is 72.4 Å². The van der Waals surface area contributed by atoms with Gasteiger partial charge in [0.15, 0.2) is 0 Å². The Kier molecular flexibility index (Phi) is 8.38. The molecule has 0 aliphatic heterocycles. The number of rotatable bonds is 10. The van der Waals surface area contributed by atoms with Crippen molar-refractivity contribution in [3.8, 4) is 0 Å². The van der Waals surface area contributed by atoms with Crippen LogP contribution in [0.1, 0.15) is 63.8 Å². The van der Waals surface area contributed by atoms with E-state index in [1.54, 1.807) is 0 Å². The number of hydrogen-bond acceptors (Lipinski definition) is 2. The van der Waals surface area contributed by atoms with E-state index >= 15 is 0 Å². The maximum absolute atomic E-state index is 5.77. The van der Waals surface area contributed by atoms with Crippen molar-refractivity contribution in [3.05, 3.63) is 15.9 Å². The smallest absolute Gasteiger partial charge is 0.0896 e. The molecule has 3 nitrogen and oxygen atoms in total. The van der Waals surface area contributed by atoms with Crippen molar-refractivity contribution in [1.29, 1.82) is 0 Å². The van der Waals surface area contributed by atoms with Gasteiger partial charge in [0.2, 0.25) is 0 Å². The molecule has 0 saturated carbocycles. The number of hydrogen-bond donors (Lipinski definition) is 0. The van der Waals surface area contributed by atoms with Gasteiger partial charge in [0.1, 0.15) is 0 Å². The minimum atomic E-state index is 0.657. The second-order valence-corrected chi connectivity index (χ2v) is 5.78. The van der Waals surface area contributed by atoms with E-state index in [0.29, 0.717) is 6.61 Å². The Hall–Kier alpha value is -0.350. The molecule has 0 bridgehead atoms. The maximum Gasteiger partial charge on any atom is 0.0896 e. The van der Waals surface area contributed by atoms with Gasteiger partial charge in [0.25, 0.3) is 0 Å². The summed E-state index contributed by atoms with van der Waals surface area (Å²) in [5, 5.41) is 4.47. The van der Waals surface area contributed by atoms with E-state index < -0.39 is 0 Å². The highest BCUT2D eigenvalue weighted by molar-refractivity contribution is 9.10. The van der Waals surface area contributed by atoms with E-state index in [1.807, 2.05) is 11.6 Å². The fraction of sp³-hybridized carbons (Fsp3) is 0.800. The van der Waals surface area contributed by atoms with Crippen molar-refractivity contribution >= 4 is 15.9 Å². The van der Waals surface area contributed by atoms with Crippen molar-refractivity contribution < 1.29 is 4.74 Å². The minimum absolute atomic E-state index is 0.657. The molecule has 19 heavy (non-hydrogen) atoms. The summed E-state index contributed by atoms with van der Waals surface area (Å²) in [6.45, 7) is 8.78. The lowest BCUT2D eigenvalue weighted by Crippen LogP contribution is -2.05. The normalized spacial score (nSPS) is 11.2. The summed E-state index contributed by atoms with van der Waals surface area (Å²) in [4.78, 5) is 0. The number of halogens is 1. The number of aryl methyl sites for hydroxylation is 2. The third-order valence-electron chi connectivity index (χ3n) is 3.33. The fourth-order valence-electron chi connectivity index (χ4n) is 2.16. The molecular weight excluding hydrogens is 304 g/mol. The molecule has 0 fully saturated rings. The van der Waals surface area contributed by atoms with Crippen LogP contribution in [0.2, 0.25) is 0 Å². The molecule has 0 aromatic carbocycles. The van der Waals surface area contributed by atoms with Crippen molar-refractivity contribution in [2.24, 2.45) is 0 Å². The third kappa shape index (κ3) is 5.65. The SMILES string of the molecule is CCCCCCCCOCc1c(Br)c(C)nn1CC. The zero-order chi connectivity index (χ0) is 14.1. The highest BCUT2D eigenvalue weighted by Crippen LogP contribution is 2.21. The van der Waals surface area contributed by atoms with Crippen LogP contribution in [0, 0.1) is 6.92 Å². The Morgan fingerprint density at radius 3 is 2.47 bits per heavy atom. The first kappa shape index (κ1) is 16.7. The van der Waals surface area contributed by atoms with Crippen molar-refractivity contribution in [2.75, 3.05) is 6.61 Å². The lowest BCUT2D eigenvalue weighted by molar-refractivity contribution is 0.110. The van der Waals surface area contributed by atoms with Crippen LogP contribution in [0.4, 0.5) is 0 Å². The first-order valence-corrected chi connectivity index (χ1v) is 8.29. The molecule has 0 unspecified atom stereocenters. The Balaban J connectivity index is 2.19. The van der Waals surface area contributed by atoms with Crippen LogP contribution >= 0.6 is 15.9 Å². The summed E-state index contributed by atoms with van der Waals surface area (Å²) in [6, 6.07) is 0. The molecule has 110 valence electrons. The molecule has 4 heteroatoms. The molecule has 0 aliphatic rings. The second kappa shape index (κ2) is 9.54. The lowest BCUT2D eigenvalue weighted by Gasteiger charge is -2.07. The topological polar surface area (TPSA) is 27.1 Å². The average Bonchev–Trinajstić information content (AvgIpc) is 2.69. The summed E-state index contributed by atoms with van der Waals surface area (Å²) >= 11 is 3.59. The van der Waals surface area contributed by atoms with E-state index in [9.17, 15) is 0 Å². The van der Waals surface area contributed by atoms with Crippen LogP contribution in [0.15, 0.2) is 4.47 Å². The molecule has 1 aromatic rings. The van der Waals surface area contributed by atoms with Crippen molar-refractivity contribution in [3.63, 3.8) is 0 Å². The predicted octanol–water partition coefficient (Wildman–Crippen LogP) is 4.85. The van der Waals surface area contributed by atoms with Crippen LogP contribution in [0.25, 0.3) is 0 Å². The van der Waals surface area contributed by atoms with Gasteiger partial charge in [-0.25, -0.2) is 0 Å². The van der Waals surface area contributed by atoms with Gasteiger partial charge in [-0.15, -0.1) is 0 Å². The van der Waals surface area contributed by atoms with Gasteiger partial charge in [-0.05, 0) is 36.2 Å². The summed E-state index contributed by atoms with van der Waals surface area (Å²) in [7, 11) is 0. The largest absolute Gasteiger partial charge is 0.375 e. The molecule has 1 rings (SSSR count). The Morgan fingerprint density at radius 1 is 1.11 bits per heavy atom. The Morgan fingerprint density at radius 2 is 1.79 bits per heavy atom. The summed E-state index contributed by atoms with van der Waals surface area (Å²) in [5.74, 6) is 0. The van der Waals surface area contributed by atoms with E-state index in [-0.39, 0.29) is 0 Å². The standard InChI is InChI=1S/C15H27BrN2O/c1-4-6-7-8-9-10-11-19-12-14-15(16)13(3)17-18(14)5-2/h4-12H2,1-3H3. The number of unbranched alkanes of at least 4 members (excludes halogenated alkanes) is 5. The number of aromatic nitrogens is 2. The third-order valence-corrected chi connectivity index (χ3v) is 4.37. The average molecular weight is 331 g/mol. The molecule has 0 N–H and O–H groups in total. The molecule has 0 radical (unpaired) electrons. The van der Waals surface area contributed by atoms with Crippen LogP contribution in [0.3, 0.4) is 0 Å². The van der Waals surface area contributed by atoms with E-state index in [4.69, 9.17) is 4.74 Å². The molecule has 1 heterocycles. The molecule has 0 spiro atoms.